The van der Waals surface area contributed by atoms with Gasteiger partial charge in [0.25, 0.3) is 0 Å². The number of amides is 2. The second kappa shape index (κ2) is 6.91. The molecule has 0 aliphatic carbocycles. The molecule has 2 aromatic rings. The van der Waals surface area contributed by atoms with Crippen LogP contribution in [-0.2, 0) is 16.6 Å². The number of carbonyl (C=O) groups is 1. The van der Waals surface area contributed by atoms with Gasteiger partial charge in [0.15, 0.2) is 0 Å². The Hall–Kier alpha value is -1.90. The molecule has 0 aliphatic heterocycles. The van der Waals surface area contributed by atoms with E-state index in [9.17, 15) is 13.2 Å². The highest BCUT2D eigenvalue weighted by atomic mass is 79.9. The Bertz CT molecular complexity index is 759. The van der Waals surface area contributed by atoms with Crippen molar-refractivity contribution in [2.75, 3.05) is 5.32 Å². The van der Waals surface area contributed by atoms with Crippen LogP contribution < -0.4 is 15.8 Å². The number of urea groups is 1. The van der Waals surface area contributed by atoms with Crippen LogP contribution in [0, 0.1) is 0 Å². The number of sulfonamides is 1. The standard InChI is InChI=1S/C14H14BrN3O3S/c15-11-3-1-10(2-4-11)9-17-14(19)18-12-5-7-13(8-6-12)22(16,20)21/h1-8H,9H2,(H2,16,20,21)(H2,17,18,19). The van der Waals surface area contributed by atoms with Crippen LogP contribution in [0.15, 0.2) is 57.9 Å². The van der Waals surface area contributed by atoms with Gasteiger partial charge in [0.05, 0.1) is 4.90 Å². The molecule has 0 bridgehead atoms. The van der Waals surface area contributed by atoms with Gasteiger partial charge in [-0.15, -0.1) is 0 Å². The van der Waals surface area contributed by atoms with Gasteiger partial charge in [-0.25, -0.2) is 18.4 Å². The normalized spacial score (nSPS) is 11.0. The zero-order valence-electron chi connectivity index (χ0n) is 11.4. The number of anilines is 1. The second-order valence-corrected chi connectivity index (χ2v) is 6.98. The molecule has 0 atom stereocenters. The molecule has 2 rings (SSSR count). The highest BCUT2D eigenvalue weighted by Gasteiger charge is 2.07. The lowest BCUT2D eigenvalue weighted by Gasteiger charge is -2.08. The van der Waals surface area contributed by atoms with E-state index in [1.807, 2.05) is 24.3 Å². The van der Waals surface area contributed by atoms with Crippen molar-refractivity contribution < 1.29 is 13.2 Å². The van der Waals surface area contributed by atoms with Crippen molar-refractivity contribution in [3.05, 3.63) is 58.6 Å². The third-order valence-electron chi connectivity index (χ3n) is 2.81. The molecule has 0 radical (unpaired) electrons. The Morgan fingerprint density at radius 2 is 1.64 bits per heavy atom. The van der Waals surface area contributed by atoms with Gasteiger partial charge in [-0.2, -0.15) is 0 Å². The molecule has 6 nitrogen and oxygen atoms in total. The molecule has 2 aromatic carbocycles. The van der Waals surface area contributed by atoms with Gasteiger partial charge in [0.1, 0.15) is 0 Å². The lowest BCUT2D eigenvalue weighted by molar-refractivity contribution is 0.251. The fourth-order valence-electron chi connectivity index (χ4n) is 1.69. The zero-order chi connectivity index (χ0) is 16.2. The van der Waals surface area contributed by atoms with Crippen molar-refractivity contribution in [2.45, 2.75) is 11.4 Å². The van der Waals surface area contributed by atoms with Crippen molar-refractivity contribution in [3.8, 4) is 0 Å². The summed E-state index contributed by atoms with van der Waals surface area (Å²) in [7, 11) is -3.73. The van der Waals surface area contributed by atoms with Gasteiger partial charge < -0.3 is 10.6 Å². The molecular formula is C14H14BrN3O3S. The maximum absolute atomic E-state index is 11.8. The minimum Gasteiger partial charge on any atom is -0.334 e. The van der Waals surface area contributed by atoms with Crippen molar-refractivity contribution in [1.29, 1.82) is 0 Å². The average molecular weight is 384 g/mol. The lowest BCUT2D eigenvalue weighted by atomic mass is 10.2. The summed E-state index contributed by atoms with van der Waals surface area (Å²) in [6, 6.07) is 12.8. The molecule has 0 aliphatic rings. The number of hydrogen-bond donors (Lipinski definition) is 3. The number of primary sulfonamides is 1. The predicted molar refractivity (Wildman–Crippen MR) is 87.8 cm³/mol. The molecule has 0 saturated heterocycles. The summed E-state index contributed by atoms with van der Waals surface area (Å²) < 4.78 is 23.2. The van der Waals surface area contributed by atoms with Gasteiger partial charge in [-0.05, 0) is 42.0 Å². The molecule has 0 heterocycles. The van der Waals surface area contributed by atoms with Gasteiger partial charge in [-0.1, -0.05) is 28.1 Å². The Labute approximate surface area is 136 Å². The first-order valence-corrected chi connectivity index (χ1v) is 8.61. The van der Waals surface area contributed by atoms with Gasteiger partial charge in [-0.3, -0.25) is 0 Å². The van der Waals surface area contributed by atoms with Crippen LogP contribution in [0.3, 0.4) is 0 Å². The molecule has 0 fully saturated rings. The number of hydrogen-bond acceptors (Lipinski definition) is 3. The zero-order valence-corrected chi connectivity index (χ0v) is 13.8. The number of nitrogens with one attached hydrogen (secondary N) is 2. The molecule has 0 saturated carbocycles. The van der Waals surface area contributed by atoms with Crippen LogP contribution in [0.4, 0.5) is 10.5 Å². The van der Waals surface area contributed by atoms with Gasteiger partial charge in [0.2, 0.25) is 10.0 Å². The van der Waals surface area contributed by atoms with E-state index < -0.39 is 10.0 Å². The molecule has 8 heteroatoms. The van der Waals surface area contributed by atoms with Crippen molar-refractivity contribution >= 4 is 37.7 Å². The number of halogens is 1. The smallest absolute Gasteiger partial charge is 0.319 e. The van der Waals surface area contributed by atoms with E-state index in [1.165, 1.54) is 24.3 Å². The largest absolute Gasteiger partial charge is 0.334 e. The lowest BCUT2D eigenvalue weighted by Crippen LogP contribution is -2.28. The summed E-state index contributed by atoms with van der Waals surface area (Å²) in [5.74, 6) is 0. The van der Waals surface area contributed by atoms with Crippen LogP contribution in [-0.4, -0.2) is 14.4 Å². The first-order chi connectivity index (χ1) is 10.3. The Balaban J connectivity index is 1.90. The first kappa shape index (κ1) is 16.5. The fraction of sp³-hybridized carbons (Fsp3) is 0.0714. The average Bonchev–Trinajstić information content (AvgIpc) is 2.46. The third-order valence-corrected chi connectivity index (χ3v) is 4.26. The molecule has 4 N–H and O–H groups in total. The summed E-state index contributed by atoms with van der Waals surface area (Å²) in [5.41, 5.74) is 1.43. The van der Waals surface area contributed by atoms with Crippen LogP contribution in [0.5, 0.6) is 0 Å². The van der Waals surface area contributed by atoms with E-state index in [2.05, 4.69) is 26.6 Å². The topological polar surface area (TPSA) is 101 Å². The molecule has 0 aromatic heterocycles. The van der Waals surface area contributed by atoms with E-state index in [0.29, 0.717) is 12.2 Å². The van der Waals surface area contributed by atoms with Crippen LogP contribution in [0.2, 0.25) is 0 Å². The molecular weight excluding hydrogens is 370 g/mol. The maximum Gasteiger partial charge on any atom is 0.319 e. The summed E-state index contributed by atoms with van der Waals surface area (Å²) in [6.45, 7) is 0.383. The van der Waals surface area contributed by atoms with E-state index in [4.69, 9.17) is 5.14 Å². The molecule has 22 heavy (non-hydrogen) atoms. The third kappa shape index (κ3) is 4.83. The van der Waals surface area contributed by atoms with E-state index >= 15 is 0 Å². The van der Waals surface area contributed by atoms with E-state index in [0.717, 1.165) is 10.0 Å². The van der Waals surface area contributed by atoms with Crippen molar-refractivity contribution in [2.24, 2.45) is 5.14 Å². The highest BCUT2D eigenvalue weighted by Crippen LogP contribution is 2.13. The number of nitrogens with two attached hydrogens (primary N) is 1. The molecule has 0 spiro atoms. The highest BCUT2D eigenvalue weighted by molar-refractivity contribution is 9.10. The number of rotatable bonds is 4. The number of carbonyl (C=O) groups excluding carboxylic acids is 1. The first-order valence-electron chi connectivity index (χ1n) is 6.27. The van der Waals surface area contributed by atoms with Gasteiger partial charge >= 0.3 is 6.03 Å². The Kier molecular flexibility index (Phi) is 5.17. The summed E-state index contributed by atoms with van der Waals surface area (Å²) in [6.07, 6.45) is 0. The summed E-state index contributed by atoms with van der Waals surface area (Å²) >= 11 is 3.34. The molecule has 116 valence electrons. The SMILES string of the molecule is NS(=O)(=O)c1ccc(NC(=O)NCc2ccc(Br)cc2)cc1. The van der Waals surface area contributed by atoms with E-state index in [-0.39, 0.29) is 10.9 Å². The van der Waals surface area contributed by atoms with Crippen LogP contribution in [0.1, 0.15) is 5.56 Å². The predicted octanol–water partition coefficient (Wildman–Crippen LogP) is 2.42. The molecule has 2 amide bonds. The van der Waals surface area contributed by atoms with Gasteiger partial charge in [0, 0.05) is 16.7 Å². The quantitative estimate of drug-likeness (QED) is 0.755. The van der Waals surface area contributed by atoms with Crippen molar-refractivity contribution in [1.82, 2.24) is 5.32 Å². The fourth-order valence-corrected chi connectivity index (χ4v) is 2.47. The summed E-state index contributed by atoms with van der Waals surface area (Å²) in [4.78, 5) is 11.8. The maximum atomic E-state index is 11.8. The minimum atomic E-state index is -3.73. The molecule has 0 unspecified atom stereocenters. The second-order valence-electron chi connectivity index (χ2n) is 4.50. The summed E-state index contributed by atoms with van der Waals surface area (Å²) in [5, 5.41) is 10.3. The Morgan fingerprint density at radius 1 is 1.05 bits per heavy atom. The number of benzene rings is 2. The van der Waals surface area contributed by atoms with Crippen molar-refractivity contribution in [3.63, 3.8) is 0 Å². The van der Waals surface area contributed by atoms with E-state index in [1.54, 1.807) is 0 Å². The van der Waals surface area contributed by atoms with Crippen LogP contribution in [0.25, 0.3) is 0 Å². The van der Waals surface area contributed by atoms with Crippen LogP contribution >= 0.6 is 15.9 Å². The Morgan fingerprint density at radius 3 is 2.18 bits per heavy atom. The minimum absolute atomic E-state index is 0.00618. The monoisotopic (exact) mass is 383 g/mol.